The van der Waals surface area contributed by atoms with Gasteiger partial charge in [-0.1, -0.05) is 24.3 Å². The van der Waals surface area contributed by atoms with E-state index >= 15 is 0 Å². The number of rotatable bonds is 13. The first kappa shape index (κ1) is 27.5. The predicted octanol–water partition coefficient (Wildman–Crippen LogP) is 4.01. The van der Waals surface area contributed by atoms with Crippen molar-refractivity contribution in [2.75, 3.05) is 64.6 Å². The van der Waals surface area contributed by atoms with Crippen molar-refractivity contribution in [3.63, 3.8) is 0 Å². The SMILES string of the molecule is COC(=O)Nc1cc(-c2cccc(CN(CCCN)C(=O)C3CC3)c2)ccc1N(C)CCCN(C)C. The topological polar surface area (TPSA) is 91.1 Å². The van der Waals surface area contributed by atoms with Crippen molar-refractivity contribution < 1.29 is 14.3 Å². The van der Waals surface area contributed by atoms with E-state index < -0.39 is 6.09 Å². The number of methoxy groups -OCH3 is 1. The molecular formula is C28H41N5O3. The van der Waals surface area contributed by atoms with Gasteiger partial charge in [0.1, 0.15) is 0 Å². The second-order valence-corrected chi connectivity index (χ2v) is 9.80. The first-order valence-electron chi connectivity index (χ1n) is 12.8. The molecule has 2 aromatic carbocycles. The van der Waals surface area contributed by atoms with E-state index in [1.165, 1.54) is 7.11 Å². The first-order chi connectivity index (χ1) is 17.3. The quantitative estimate of drug-likeness (QED) is 0.436. The summed E-state index contributed by atoms with van der Waals surface area (Å²) >= 11 is 0. The minimum absolute atomic E-state index is 0.181. The second kappa shape index (κ2) is 13.3. The van der Waals surface area contributed by atoms with Crippen LogP contribution >= 0.6 is 0 Å². The normalized spacial score (nSPS) is 12.9. The average molecular weight is 496 g/mol. The van der Waals surface area contributed by atoms with Crippen LogP contribution in [0.3, 0.4) is 0 Å². The lowest BCUT2D eigenvalue weighted by atomic mass is 10.0. The first-order valence-corrected chi connectivity index (χ1v) is 12.8. The minimum Gasteiger partial charge on any atom is -0.453 e. The molecular weight excluding hydrogens is 454 g/mol. The number of hydrogen-bond acceptors (Lipinski definition) is 6. The predicted molar refractivity (Wildman–Crippen MR) is 146 cm³/mol. The van der Waals surface area contributed by atoms with Gasteiger partial charge >= 0.3 is 6.09 Å². The Morgan fingerprint density at radius 2 is 1.75 bits per heavy atom. The largest absolute Gasteiger partial charge is 0.453 e. The molecule has 0 radical (unpaired) electrons. The summed E-state index contributed by atoms with van der Waals surface area (Å²) in [7, 11) is 7.52. The monoisotopic (exact) mass is 495 g/mol. The van der Waals surface area contributed by atoms with Crippen LogP contribution in [0.1, 0.15) is 31.2 Å². The van der Waals surface area contributed by atoms with Gasteiger partial charge in [-0.3, -0.25) is 10.1 Å². The molecule has 1 saturated carbocycles. The molecule has 8 nitrogen and oxygen atoms in total. The number of hydrogen-bond donors (Lipinski definition) is 2. The van der Waals surface area contributed by atoms with E-state index in [1.807, 2.05) is 36.2 Å². The van der Waals surface area contributed by atoms with E-state index in [4.69, 9.17) is 10.5 Å². The van der Waals surface area contributed by atoms with Crippen LogP contribution in [0.5, 0.6) is 0 Å². The number of nitrogens with zero attached hydrogens (tertiary/aromatic N) is 3. The molecule has 0 aliphatic heterocycles. The molecule has 0 aromatic heterocycles. The van der Waals surface area contributed by atoms with Crippen molar-refractivity contribution in [1.29, 1.82) is 0 Å². The zero-order valence-electron chi connectivity index (χ0n) is 22.1. The third-order valence-electron chi connectivity index (χ3n) is 6.43. The molecule has 0 atom stereocenters. The standard InChI is InChI=1S/C28H41N5O3/c1-31(2)15-7-16-32(3)26-13-12-24(19-25(26)30-28(35)36-4)23-9-5-8-21(18-23)20-33(17-6-14-29)27(34)22-10-11-22/h5,8-9,12-13,18-19,22H,6-7,10-11,14-17,20,29H2,1-4H3,(H,30,35). The lowest BCUT2D eigenvalue weighted by molar-refractivity contribution is -0.133. The fraction of sp³-hybridized carbons (Fsp3) is 0.500. The molecule has 3 N–H and O–H groups in total. The van der Waals surface area contributed by atoms with Gasteiger partial charge in [-0.2, -0.15) is 0 Å². The zero-order chi connectivity index (χ0) is 26.1. The molecule has 2 aromatic rings. The highest BCUT2D eigenvalue weighted by Gasteiger charge is 2.33. The van der Waals surface area contributed by atoms with Gasteiger partial charge < -0.3 is 25.2 Å². The van der Waals surface area contributed by atoms with Gasteiger partial charge in [0.15, 0.2) is 0 Å². The van der Waals surface area contributed by atoms with Crippen LogP contribution in [0.2, 0.25) is 0 Å². The van der Waals surface area contributed by atoms with Gasteiger partial charge in [0.2, 0.25) is 5.91 Å². The summed E-state index contributed by atoms with van der Waals surface area (Å²) < 4.78 is 4.87. The summed E-state index contributed by atoms with van der Waals surface area (Å²) in [5.74, 6) is 0.417. The molecule has 0 spiro atoms. The molecule has 3 rings (SSSR count). The molecule has 0 unspecified atom stereocenters. The number of nitrogens with two attached hydrogens (primary N) is 1. The number of carbonyl (C=O) groups is 2. The van der Waals surface area contributed by atoms with E-state index in [2.05, 4.69) is 47.4 Å². The molecule has 36 heavy (non-hydrogen) atoms. The van der Waals surface area contributed by atoms with Crippen molar-refractivity contribution in [3.05, 3.63) is 48.0 Å². The van der Waals surface area contributed by atoms with E-state index in [0.29, 0.717) is 25.3 Å². The molecule has 8 heteroatoms. The molecule has 0 saturated heterocycles. The van der Waals surface area contributed by atoms with E-state index in [9.17, 15) is 9.59 Å². The van der Waals surface area contributed by atoms with Crippen LogP contribution in [0.15, 0.2) is 42.5 Å². The lowest BCUT2D eigenvalue weighted by Gasteiger charge is -2.24. The number of benzene rings is 2. The van der Waals surface area contributed by atoms with Crippen molar-refractivity contribution in [3.8, 4) is 11.1 Å². The van der Waals surface area contributed by atoms with Crippen LogP contribution in [0.4, 0.5) is 16.2 Å². The number of anilines is 2. The Bertz CT molecular complexity index is 1020. The number of ether oxygens (including phenoxy) is 1. The number of amides is 2. The van der Waals surface area contributed by atoms with E-state index in [1.54, 1.807) is 0 Å². The number of nitrogens with one attached hydrogen (secondary N) is 1. The van der Waals surface area contributed by atoms with Gasteiger partial charge in [0.05, 0.1) is 18.5 Å². The highest BCUT2D eigenvalue weighted by atomic mass is 16.5. The Labute approximate surface area is 215 Å². The van der Waals surface area contributed by atoms with Crippen LogP contribution in [-0.2, 0) is 16.1 Å². The van der Waals surface area contributed by atoms with Crippen molar-refractivity contribution >= 4 is 23.4 Å². The highest BCUT2D eigenvalue weighted by molar-refractivity contribution is 5.91. The molecule has 0 bridgehead atoms. The smallest absolute Gasteiger partial charge is 0.411 e. The van der Waals surface area contributed by atoms with Crippen LogP contribution < -0.4 is 16.0 Å². The van der Waals surface area contributed by atoms with Gasteiger partial charge in [-0.15, -0.1) is 0 Å². The summed E-state index contributed by atoms with van der Waals surface area (Å²) in [6.07, 6.45) is 3.28. The molecule has 0 heterocycles. The third-order valence-corrected chi connectivity index (χ3v) is 6.43. The van der Waals surface area contributed by atoms with E-state index in [0.717, 1.165) is 61.2 Å². The van der Waals surface area contributed by atoms with Crippen molar-refractivity contribution in [2.45, 2.75) is 32.2 Å². The Morgan fingerprint density at radius 3 is 2.42 bits per heavy atom. The summed E-state index contributed by atoms with van der Waals surface area (Å²) in [4.78, 5) is 31.1. The number of carbonyl (C=O) groups excluding carboxylic acids is 2. The van der Waals surface area contributed by atoms with Gasteiger partial charge in [-0.05, 0) is 87.8 Å². The third kappa shape index (κ3) is 7.96. The molecule has 1 aliphatic rings. The Balaban J connectivity index is 1.82. The Hall–Kier alpha value is -3.10. The van der Waals surface area contributed by atoms with Crippen LogP contribution in [-0.4, -0.2) is 76.2 Å². The maximum Gasteiger partial charge on any atom is 0.411 e. The fourth-order valence-electron chi connectivity index (χ4n) is 4.26. The molecule has 1 aliphatic carbocycles. The lowest BCUT2D eigenvalue weighted by Crippen LogP contribution is -2.33. The summed E-state index contributed by atoms with van der Waals surface area (Å²) in [5, 5.41) is 2.88. The molecule has 196 valence electrons. The Kier molecular flexibility index (Phi) is 10.1. The minimum atomic E-state index is -0.502. The second-order valence-electron chi connectivity index (χ2n) is 9.80. The summed E-state index contributed by atoms with van der Waals surface area (Å²) in [6, 6.07) is 14.3. The summed E-state index contributed by atoms with van der Waals surface area (Å²) in [5.41, 5.74) is 10.4. The average Bonchev–Trinajstić information content (AvgIpc) is 3.71. The fourth-order valence-corrected chi connectivity index (χ4v) is 4.26. The van der Waals surface area contributed by atoms with Gasteiger partial charge in [0.25, 0.3) is 0 Å². The molecule has 1 fully saturated rings. The zero-order valence-corrected chi connectivity index (χ0v) is 22.1. The van der Waals surface area contributed by atoms with Crippen LogP contribution in [0, 0.1) is 5.92 Å². The maximum atomic E-state index is 12.8. The Morgan fingerprint density at radius 1 is 1.00 bits per heavy atom. The summed E-state index contributed by atoms with van der Waals surface area (Å²) in [6.45, 7) is 3.67. The van der Waals surface area contributed by atoms with Crippen molar-refractivity contribution in [1.82, 2.24) is 9.80 Å². The van der Waals surface area contributed by atoms with Crippen LogP contribution in [0.25, 0.3) is 11.1 Å². The van der Waals surface area contributed by atoms with Crippen molar-refractivity contribution in [2.24, 2.45) is 11.7 Å². The maximum absolute atomic E-state index is 12.8. The highest BCUT2D eigenvalue weighted by Crippen LogP contribution is 2.33. The van der Waals surface area contributed by atoms with Gasteiger partial charge in [-0.25, -0.2) is 4.79 Å². The molecule has 2 amide bonds. The van der Waals surface area contributed by atoms with E-state index in [-0.39, 0.29) is 11.8 Å². The van der Waals surface area contributed by atoms with Gasteiger partial charge in [0, 0.05) is 32.6 Å².